The number of nitrogens with zero attached hydrogens (tertiary/aromatic N) is 1. The van der Waals surface area contributed by atoms with Crippen LogP contribution in [0.2, 0.25) is 0 Å². The molecule has 1 atom stereocenters. The SMILES string of the molecule is O=C(NCc1cccnc1)N[C@@H]1COc2cc(F)cc(F)c21. The Hall–Kier alpha value is -2.70. The number of amides is 2. The van der Waals surface area contributed by atoms with Crippen molar-refractivity contribution < 1.29 is 18.3 Å². The first-order valence-electron chi connectivity index (χ1n) is 6.68. The van der Waals surface area contributed by atoms with Gasteiger partial charge in [-0.25, -0.2) is 13.6 Å². The summed E-state index contributed by atoms with van der Waals surface area (Å²) in [7, 11) is 0. The minimum Gasteiger partial charge on any atom is -0.490 e. The molecule has 2 aromatic rings. The first-order valence-corrected chi connectivity index (χ1v) is 6.68. The van der Waals surface area contributed by atoms with Gasteiger partial charge in [-0.2, -0.15) is 0 Å². The smallest absolute Gasteiger partial charge is 0.315 e. The standard InChI is InChI=1S/C15H13F2N3O2/c16-10-4-11(17)14-12(8-22-13(14)5-10)20-15(21)19-7-9-2-1-3-18-6-9/h1-6,12H,7-8H2,(H2,19,20,21)/t12-/m1/s1. The second-order valence-corrected chi connectivity index (χ2v) is 4.85. The van der Waals surface area contributed by atoms with Gasteiger partial charge in [-0.3, -0.25) is 4.98 Å². The number of aromatic nitrogens is 1. The summed E-state index contributed by atoms with van der Waals surface area (Å²) in [6, 6.07) is 4.35. The van der Waals surface area contributed by atoms with Crippen LogP contribution in [0.3, 0.4) is 0 Å². The second-order valence-electron chi connectivity index (χ2n) is 4.85. The van der Waals surface area contributed by atoms with Crippen LogP contribution >= 0.6 is 0 Å². The number of fused-ring (bicyclic) bond motifs is 1. The van der Waals surface area contributed by atoms with Crippen LogP contribution in [0.5, 0.6) is 5.75 Å². The summed E-state index contributed by atoms with van der Waals surface area (Å²) in [6.45, 7) is 0.363. The fraction of sp³-hybridized carbons (Fsp3) is 0.200. The molecule has 0 saturated carbocycles. The zero-order valence-electron chi connectivity index (χ0n) is 11.5. The van der Waals surface area contributed by atoms with E-state index in [9.17, 15) is 13.6 Å². The van der Waals surface area contributed by atoms with E-state index in [-0.39, 0.29) is 17.9 Å². The Labute approximate surface area is 125 Å². The maximum absolute atomic E-state index is 13.8. The molecule has 3 rings (SSSR count). The lowest BCUT2D eigenvalue weighted by Crippen LogP contribution is -2.38. The topological polar surface area (TPSA) is 63.2 Å². The van der Waals surface area contributed by atoms with Crippen molar-refractivity contribution in [3.63, 3.8) is 0 Å². The molecule has 2 heterocycles. The molecule has 1 aliphatic rings. The Morgan fingerprint density at radius 1 is 1.41 bits per heavy atom. The van der Waals surface area contributed by atoms with Gasteiger partial charge in [0.2, 0.25) is 0 Å². The summed E-state index contributed by atoms with van der Waals surface area (Å²) in [5.74, 6) is -1.32. The number of nitrogens with one attached hydrogen (secondary N) is 2. The molecule has 5 nitrogen and oxygen atoms in total. The van der Waals surface area contributed by atoms with Crippen LogP contribution in [0.4, 0.5) is 13.6 Å². The summed E-state index contributed by atoms with van der Waals surface area (Å²) >= 11 is 0. The van der Waals surface area contributed by atoms with Crippen LogP contribution in [-0.4, -0.2) is 17.6 Å². The summed E-state index contributed by atoms with van der Waals surface area (Å²) in [6.07, 6.45) is 3.27. The monoisotopic (exact) mass is 305 g/mol. The summed E-state index contributed by atoms with van der Waals surface area (Å²) in [4.78, 5) is 15.8. The Kier molecular flexibility index (Phi) is 3.86. The van der Waals surface area contributed by atoms with Gasteiger partial charge in [0.25, 0.3) is 0 Å². The molecule has 1 aromatic carbocycles. The molecule has 0 saturated heterocycles. The Bertz CT molecular complexity index is 695. The van der Waals surface area contributed by atoms with Gasteiger partial charge in [-0.1, -0.05) is 6.07 Å². The van der Waals surface area contributed by atoms with Crippen LogP contribution in [0.1, 0.15) is 17.2 Å². The Morgan fingerprint density at radius 3 is 3.05 bits per heavy atom. The number of benzene rings is 1. The van der Waals surface area contributed by atoms with Crippen LogP contribution in [-0.2, 0) is 6.54 Å². The van der Waals surface area contributed by atoms with Crippen molar-refractivity contribution in [2.75, 3.05) is 6.61 Å². The molecular weight excluding hydrogens is 292 g/mol. The highest BCUT2D eigenvalue weighted by Gasteiger charge is 2.29. The fourth-order valence-corrected chi connectivity index (χ4v) is 2.28. The van der Waals surface area contributed by atoms with Gasteiger partial charge in [0.1, 0.15) is 24.0 Å². The minimum atomic E-state index is -0.731. The van der Waals surface area contributed by atoms with Crippen molar-refractivity contribution >= 4 is 6.03 Å². The maximum Gasteiger partial charge on any atom is 0.315 e. The lowest BCUT2D eigenvalue weighted by Gasteiger charge is -2.13. The molecule has 2 amide bonds. The van der Waals surface area contributed by atoms with E-state index in [1.807, 2.05) is 6.07 Å². The number of rotatable bonds is 3. The molecule has 0 aliphatic carbocycles. The van der Waals surface area contributed by atoms with Crippen molar-refractivity contribution in [1.82, 2.24) is 15.6 Å². The van der Waals surface area contributed by atoms with Crippen LogP contribution in [0.15, 0.2) is 36.7 Å². The van der Waals surface area contributed by atoms with Gasteiger partial charge in [0.05, 0.1) is 11.6 Å². The predicted molar refractivity (Wildman–Crippen MR) is 74.2 cm³/mol. The first-order chi connectivity index (χ1) is 10.6. The van der Waals surface area contributed by atoms with E-state index in [2.05, 4.69) is 15.6 Å². The van der Waals surface area contributed by atoms with Crippen molar-refractivity contribution in [3.8, 4) is 5.75 Å². The normalized spacial score (nSPS) is 15.8. The van der Waals surface area contributed by atoms with E-state index in [0.717, 1.165) is 17.7 Å². The van der Waals surface area contributed by atoms with E-state index in [1.165, 1.54) is 0 Å². The van der Waals surface area contributed by atoms with Crippen LogP contribution in [0, 0.1) is 11.6 Å². The second kappa shape index (κ2) is 5.97. The van der Waals surface area contributed by atoms with E-state index in [1.54, 1.807) is 18.5 Å². The van der Waals surface area contributed by atoms with E-state index >= 15 is 0 Å². The molecule has 7 heteroatoms. The van der Waals surface area contributed by atoms with E-state index < -0.39 is 23.7 Å². The van der Waals surface area contributed by atoms with E-state index in [0.29, 0.717) is 6.54 Å². The largest absolute Gasteiger partial charge is 0.490 e. The minimum absolute atomic E-state index is 0.0655. The van der Waals surface area contributed by atoms with Gasteiger partial charge in [-0.05, 0) is 11.6 Å². The predicted octanol–water partition coefficient (Wildman–Crippen LogP) is 2.29. The quantitative estimate of drug-likeness (QED) is 0.914. The van der Waals surface area contributed by atoms with E-state index in [4.69, 9.17) is 4.74 Å². The molecule has 1 aromatic heterocycles. The average molecular weight is 305 g/mol. The first kappa shape index (κ1) is 14.2. The molecule has 1 aliphatic heterocycles. The highest BCUT2D eigenvalue weighted by atomic mass is 19.1. The third kappa shape index (κ3) is 2.98. The highest BCUT2D eigenvalue weighted by molar-refractivity contribution is 5.74. The number of hydrogen-bond donors (Lipinski definition) is 2. The van der Waals surface area contributed by atoms with Crippen molar-refractivity contribution in [2.24, 2.45) is 0 Å². The molecule has 0 spiro atoms. The number of carbonyl (C=O) groups is 1. The molecule has 114 valence electrons. The van der Waals surface area contributed by atoms with Crippen LogP contribution in [0.25, 0.3) is 0 Å². The number of hydrogen-bond acceptors (Lipinski definition) is 3. The highest BCUT2D eigenvalue weighted by Crippen LogP contribution is 2.35. The molecule has 2 N–H and O–H groups in total. The summed E-state index contributed by atoms with van der Waals surface area (Å²) < 4.78 is 32.1. The van der Waals surface area contributed by atoms with Crippen molar-refractivity contribution in [1.29, 1.82) is 0 Å². The number of carbonyl (C=O) groups excluding carboxylic acids is 1. The molecular formula is C15H13F2N3O2. The summed E-state index contributed by atoms with van der Waals surface area (Å²) in [5, 5.41) is 5.25. The molecule has 22 heavy (non-hydrogen) atoms. The lowest BCUT2D eigenvalue weighted by atomic mass is 10.1. The number of ether oxygens (including phenoxy) is 1. The Morgan fingerprint density at radius 2 is 2.27 bits per heavy atom. The fourth-order valence-electron chi connectivity index (χ4n) is 2.28. The molecule has 0 radical (unpaired) electrons. The van der Waals surface area contributed by atoms with Gasteiger partial charge in [0.15, 0.2) is 0 Å². The molecule has 0 bridgehead atoms. The average Bonchev–Trinajstić information content (AvgIpc) is 2.89. The van der Waals surface area contributed by atoms with Gasteiger partial charge >= 0.3 is 6.03 Å². The third-order valence-corrected chi connectivity index (χ3v) is 3.29. The number of halogens is 2. The van der Waals surface area contributed by atoms with Gasteiger partial charge in [-0.15, -0.1) is 0 Å². The van der Waals surface area contributed by atoms with Gasteiger partial charge < -0.3 is 15.4 Å². The van der Waals surface area contributed by atoms with Crippen LogP contribution < -0.4 is 15.4 Å². The number of urea groups is 1. The Balaban J connectivity index is 1.62. The summed E-state index contributed by atoms with van der Waals surface area (Å²) in [5.41, 5.74) is 1.01. The third-order valence-electron chi connectivity index (χ3n) is 3.29. The van der Waals surface area contributed by atoms with Gasteiger partial charge in [0, 0.05) is 31.1 Å². The lowest BCUT2D eigenvalue weighted by molar-refractivity contribution is 0.231. The molecule has 0 fully saturated rings. The maximum atomic E-state index is 13.8. The van der Waals surface area contributed by atoms with Crippen molar-refractivity contribution in [3.05, 3.63) is 59.4 Å². The van der Waals surface area contributed by atoms with Crippen molar-refractivity contribution in [2.45, 2.75) is 12.6 Å². The molecule has 0 unspecified atom stereocenters. The zero-order chi connectivity index (χ0) is 15.5. The number of pyridine rings is 1. The zero-order valence-corrected chi connectivity index (χ0v) is 11.5.